The first-order valence-corrected chi connectivity index (χ1v) is 8.26. The maximum atomic E-state index is 12.4. The maximum absolute atomic E-state index is 12.4. The lowest BCUT2D eigenvalue weighted by atomic mass is 10.1. The number of nitrogens with zero attached hydrogens (tertiary/aromatic N) is 3. The fraction of sp³-hybridized carbons (Fsp3) is 0.588. The number of hydrogen-bond acceptors (Lipinski definition) is 4. The number of rotatable bonds is 7. The van der Waals surface area contributed by atoms with Crippen LogP contribution in [0.2, 0.25) is 0 Å². The van der Waals surface area contributed by atoms with Crippen LogP contribution in [0.3, 0.4) is 0 Å². The molecule has 126 valence electrons. The molecule has 6 nitrogen and oxygen atoms in total. The first kappa shape index (κ1) is 17.4. The van der Waals surface area contributed by atoms with Gasteiger partial charge in [0.15, 0.2) is 0 Å². The Morgan fingerprint density at radius 2 is 2.13 bits per heavy atom. The van der Waals surface area contributed by atoms with Crippen LogP contribution in [-0.4, -0.2) is 59.8 Å². The Morgan fingerprint density at radius 1 is 1.39 bits per heavy atom. The predicted molar refractivity (Wildman–Crippen MR) is 88.7 cm³/mol. The molecule has 1 saturated heterocycles. The molecule has 1 fully saturated rings. The smallest absolute Gasteiger partial charge is 0.239 e. The fourth-order valence-corrected chi connectivity index (χ4v) is 2.90. The Morgan fingerprint density at radius 3 is 2.83 bits per heavy atom. The highest BCUT2D eigenvalue weighted by Gasteiger charge is 2.28. The zero-order valence-corrected chi connectivity index (χ0v) is 14.0. The summed E-state index contributed by atoms with van der Waals surface area (Å²) in [5.41, 5.74) is 1.20. The summed E-state index contributed by atoms with van der Waals surface area (Å²) in [6, 6.07) is 4.29. The van der Waals surface area contributed by atoms with Crippen molar-refractivity contribution in [1.82, 2.24) is 20.1 Å². The second-order valence-electron chi connectivity index (χ2n) is 6.01. The van der Waals surface area contributed by atoms with E-state index in [1.165, 1.54) is 10.5 Å². The van der Waals surface area contributed by atoms with Crippen LogP contribution in [0.1, 0.15) is 37.8 Å². The van der Waals surface area contributed by atoms with Crippen molar-refractivity contribution in [1.29, 1.82) is 0 Å². The van der Waals surface area contributed by atoms with E-state index < -0.39 is 0 Å². The predicted octanol–water partition coefficient (Wildman–Crippen LogP) is 1.20. The molecule has 1 aromatic heterocycles. The highest BCUT2D eigenvalue weighted by molar-refractivity contribution is 5.85. The van der Waals surface area contributed by atoms with Gasteiger partial charge in [-0.3, -0.25) is 19.5 Å². The van der Waals surface area contributed by atoms with Crippen LogP contribution in [-0.2, 0) is 9.59 Å². The number of hydrogen-bond donors (Lipinski definition) is 1. The van der Waals surface area contributed by atoms with E-state index in [-0.39, 0.29) is 24.4 Å². The van der Waals surface area contributed by atoms with E-state index in [0.717, 1.165) is 25.8 Å². The third-order valence-electron chi connectivity index (χ3n) is 4.17. The van der Waals surface area contributed by atoms with E-state index in [2.05, 4.69) is 15.2 Å². The maximum Gasteiger partial charge on any atom is 0.239 e. The molecule has 0 unspecified atom stereocenters. The Labute approximate surface area is 137 Å². The number of likely N-dealkylation sites (tertiary alicyclic amines) is 1. The molecule has 0 aromatic carbocycles. The zero-order chi connectivity index (χ0) is 16.7. The molecule has 2 rings (SSSR count). The minimum Gasteiger partial charge on any atom is -0.355 e. The van der Waals surface area contributed by atoms with Gasteiger partial charge in [0.25, 0.3) is 0 Å². The van der Waals surface area contributed by atoms with E-state index in [0.29, 0.717) is 13.1 Å². The van der Waals surface area contributed by atoms with Gasteiger partial charge in [-0.2, -0.15) is 0 Å². The van der Waals surface area contributed by atoms with Gasteiger partial charge < -0.3 is 10.2 Å². The largest absolute Gasteiger partial charge is 0.355 e. The topological polar surface area (TPSA) is 65.5 Å². The minimum absolute atomic E-state index is 0.0161. The van der Waals surface area contributed by atoms with Crippen molar-refractivity contribution >= 4 is 11.8 Å². The summed E-state index contributed by atoms with van der Waals surface area (Å²) in [5.74, 6) is -0.118. The SMILES string of the molecule is CCCNC(=O)CN(C)C(=O)CN1CCC[C@@H]1c1ccncc1. The average molecular weight is 318 g/mol. The molecule has 6 heteroatoms. The Hall–Kier alpha value is -1.95. The van der Waals surface area contributed by atoms with Crippen LogP contribution in [0.15, 0.2) is 24.5 Å². The van der Waals surface area contributed by atoms with Crippen molar-refractivity contribution in [2.75, 3.05) is 33.2 Å². The summed E-state index contributed by atoms with van der Waals surface area (Å²) < 4.78 is 0. The van der Waals surface area contributed by atoms with Crippen molar-refractivity contribution in [3.63, 3.8) is 0 Å². The van der Waals surface area contributed by atoms with E-state index in [4.69, 9.17) is 0 Å². The molecule has 0 radical (unpaired) electrons. The summed E-state index contributed by atoms with van der Waals surface area (Å²) in [5, 5.41) is 2.79. The zero-order valence-electron chi connectivity index (χ0n) is 14.0. The Balaban J connectivity index is 1.87. The second-order valence-corrected chi connectivity index (χ2v) is 6.01. The lowest BCUT2D eigenvalue weighted by Crippen LogP contribution is -2.43. The second kappa shape index (κ2) is 8.62. The molecular formula is C17H26N4O2. The number of carbonyl (C=O) groups excluding carboxylic acids is 2. The molecule has 1 N–H and O–H groups in total. The van der Waals surface area contributed by atoms with Gasteiger partial charge in [-0.05, 0) is 43.5 Å². The third-order valence-corrected chi connectivity index (χ3v) is 4.17. The van der Waals surface area contributed by atoms with Gasteiger partial charge in [0, 0.05) is 32.0 Å². The van der Waals surface area contributed by atoms with Crippen molar-refractivity contribution in [3.8, 4) is 0 Å². The quantitative estimate of drug-likeness (QED) is 0.820. The van der Waals surface area contributed by atoms with Gasteiger partial charge >= 0.3 is 0 Å². The number of pyridine rings is 1. The number of likely N-dealkylation sites (N-methyl/N-ethyl adjacent to an activating group) is 1. The molecule has 0 saturated carbocycles. The molecule has 2 amide bonds. The molecule has 0 spiro atoms. The van der Waals surface area contributed by atoms with E-state index in [9.17, 15) is 9.59 Å². The molecular weight excluding hydrogens is 292 g/mol. The van der Waals surface area contributed by atoms with Gasteiger partial charge in [-0.25, -0.2) is 0 Å². The summed E-state index contributed by atoms with van der Waals surface area (Å²) in [6.45, 7) is 4.03. The summed E-state index contributed by atoms with van der Waals surface area (Å²) in [4.78, 5) is 31.8. The first-order valence-electron chi connectivity index (χ1n) is 8.26. The van der Waals surface area contributed by atoms with Crippen molar-refractivity contribution in [3.05, 3.63) is 30.1 Å². The van der Waals surface area contributed by atoms with Crippen LogP contribution in [0.4, 0.5) is 0 Å². The van der Waals surface area contributed by atoms with Gasteiger partial charge in [0.05, 0.1) is 13.1 Å². The molecule has 1 aromatic rings. The Kier molecular flexibility index (Phi) is 6.52. The normalized spacial score (nSPS) is 17.9. The van der Waals surface area contributed by atoms with Gasteiger partial charge in [0.2, 0.25) is 11.8 Å². The average Bonchev–Trinajstić information content (AvgIpc) is 3.01. The number of aromatic nitrogens is 1. The van der Waals surface area contributed by atoms with Crippen LogP contribution in [0.5, 0.6) is 0 Å². The molecule has 0 bridgehead atoms. The summed E-state index contributed by atoms with van der Waals surface area (Å²) in [7, 11) is 1.69. The highest BCUT2D eigenvalue weighted by atomic mass is 16.2. The van der Waals surface area contributed by atoms with Gasteiger partial charge in [-0.1, -0.05) is 6.92 Å². The molecule has 0 aliphatic carbocycles. The fourth-order valence-electron chi connectivity index (χ4n) is 2.90. The highest BCUT2D eigenvalue weighted by Crippen LogP contribution is 2.31. The van der Waals surface area contributed by atoms with Crippen molar-refractivity contribution < 1.29 is 9.59 Å². The summed E-state index contributed by atoms with van der Waals surface area (Å²) >= 11 is 0. The van der Waals surface area contributed by atoms with Crippen molar-refractivity contribution in [2.24, 2.45) is 0 Å². The van der Waals surface area contributed by atoms with Crippen LogP contribution < -0.4 is 5.32 Å². The third kappa shape index (κ3) is 5.03. The van der Waals surface area contributed by atoms with Gasteiger partial charge in [0.1, 0.15) is 0 Å². The molecule has 23 heavy (non-hydrogen) atoms. The van der Waals surface area contributed by atoms with Crippen LogP contribution in [0, 0.1) is 0 Å². The monoisotopic (exact) mass is 318 g/mol. The molecule has 1 atom stereocenters. The lowest BCUT2D eigenvalue weighted by Gasteiger charge is -2.26. The Bertz CT molecular complexity index is 521. The number of amides is 2. The minimum atomic E-state index is -0.102. The number of nitrogens with one attached hydrogen (secondary N) is 1. The van der Waals surface area contributed by atoms with E-state index in [1.807, 2.05) is 19.1 Å². The van der Waals surface area contributed by atoms with Crippen LogP contribution >= 0.6 is 0 Å². The van der Waals surface area contributed by atoms with Gasteiger partial charge in [-0.15, -0.1) is 0 Å². The molecule has 2 heterocycles. The lowest BCUT2D eigenvalue weighted by molar-refractivity contribution is -0.135. The van der Waals surface area contributed by atoms with E-state index >= 15 is 0 Å². The molecule has 1 aliphatic rings. The standard InChI is InChI=1S/C17H26N4O2/c1-3-8-19-16(22)12-20(2)17(23)13-21-11-4-5-15(21)14-6-9-18-10-7-14/h6-7,9-10,15H,3-5,8,11-13H2,1-2H3,(H,19,22)/t15-/m1/s1. The first-order chi connectivity index (χ1) is 11.1. The van der Waals surface area contributed by atoms with E-state index in [1.54, 1.807) is 19.4 Å². The number of carbonyl (C=O) groups is 2. The van der Waals surface area contributed by atoms with Crippen LogP contribution in [0.25, 0.3) is 0 Å². The summed E-state index contributed by atoms with van der Waals surface area (Å²) in [6.07, 6.45) is 6.61. The van der Waals surface area contributed by atoms with Crippen molar-refractivity contribution in [2.45, 2.75) is 32.2 Å². The molecule has 1 aliphatic heterocycles.